The molecule has 0 radical (unpaired) electrons. The number of nitro benzene ring substituents is 1. The summed E-state index contributed by atoms with van der Waals surface area (Å²) in [5, 5.41) is 12.8. The molecule has 10 nitrogen and oxygen atoms in total. The summed E-state index contributed by atoms with van der Waals surface area (Å²) < 4.78 is 20.4. The molecule has 0 N–H and O–H groups in total. The Kier molecular flexibility index (Phi) is 6.72. The Bertz CT molecular complexity index is 1380. The van der Waals surface area contributed by atoms with Crippen molar-refractivity contribution >= 4 is 52.2 Å². The molecule has 0 spiro atoms. The zero-order valence-corrected chi connectivity index (χ0v) is 21.4. The highest BCUT2D eigenvalue weighted by Gasteiger charge is 2.43. The van der Waals surface area contributed by atoms with Crippen LogP contribution in [0.3, 0.4) is 0 Å². The number of esters is 1. The van der Waals surface area contributed by atoms with Crippen LogP contribution < -0.4 is 5.30 Å². The number of aliphatic imine (C=N–C) groups is 1. The van der Waals surface area contributed by atoms with Crippen molar-refractivity contribution in [3.8, 4) is 0 Å². The molecular weight excluding hydrogens is 501 g/mol. The molecule has 0 unspecified atom stereocenters. The van der Waals surface area contributed by atoms with Crippen LogP contribution in [0.1, 0.15) is 15.2 Å². The third kappa shape index (κ3) is 4.24. The molecule has 3 aromatic rings. The fraction of sp³-hybridized carbons (Fsp3) is 0.250. The van der Waals surface area contributed by atoms with Gasteiger partial charge in [0.05, 0.1) is 36.2 Å². The minimum absolute atomic E-state index is 0.000409. The van der Waals surface area contributed by atoms with Gasteiger partial charge in [-0.3, -0.25) is 10.1 Å². The fourth-order valence-electron chi connectivity index (χ4n) is 4.33. The van der Waals surface area contributed by atoms with Gasteiger partial charge in [0, 0.05) is 37.8 Å². The first-order valence-corrected chi connectivity index (χ1v) is 13.7. The van der Waals surface area contributed by atoms with Crippen LogP contribution in [-0.4, -0.2) is 66.5 Å². The monoisotopic (exact) mass is 525 g/mol. The minimum Gasteiger partial charge on any atom is -0.465 e. The molecule has 0 bridgehead atoms. The quantitative estimate of drug-likeness (QED) is 0.204. The maximum absolute atomic E-state index is 12.5. The lowest BCUT2D eigenvalue weighted by atomic mass is 10.2. The number of thiophene rings is 1. The first-order valence-electron chi connectivity index (χ1n) is 11.2. The second-order valence-corrected chi connectivity index (χ2v) is 12.1. The molecule has 36 heavy (non-hydrogen) atoms. The van der Waals surface area contributed by atoms with E-state index in [1.165, 1.54) is 30.6 Å². The molecule has 0 saturated carbocycles. The summed E-state index contributed by atoms with van der Waals surface area (Å²) in [4.78, 5) is 28.7. The number of benzene rings is 2. The highest BCUT2D eigenvalue weighted by atomic mass is 32.1. The predicted molar refractivity (Wildman–Crippen MR) is 140 cm³/mol. The molecule has 0 amide bonds. The van der Waals surface area contributed by atoms with Crippen LogP contribution in [0.5, 0.6) is 0 Å². The van der Waals surface area contributed by atoms with Crippen LogP contribution in [0, 0.1) is 10.1 Å². The third-order valence-corrected chi connectivity index (χ3v) is 10.9. The van der Waals surface area contributed by atoms with Crippen molar-refractivity contribution in [2.24, 2.45) is 9.74 Å². The van der Waals surface area contributed by atoms with Crippen molar-refractivity contribution < 1.29 is 19.2 Å². The Morgan fingerprint density at radius 2 is 1.86 bits per heavy atom. The van der Waals surface area contributed by atoms with E-state index in [1.54, 1.807) is 12.1 Å². The van der Waals surface area contributed by atoms with Gasteiger partial charge in [0.15, 0.2) is 7.36 Å². The van der Waals surface area contributed by atoms with Gasteiger partial charge in [-0.25, -0.2) is 19.2 Å². The third-order valence-electron chi connectivity index (χ3n) is 6.06. The van der Waals surface area contributed by atoms with E-state index in [0.717, 1.165) is 16.7 Å². The number of nitrogens with zero attached hydrogens (tertiary/aromatic N) is 5. The Morgan fingerprint density at radius 1 is 1.17 bits per heavy atom. The van der Waals surface area contributed by atoms with Gasteiger partial charge in [0.2, 0.25) is 0 Å². The summed E-state index contributed by atoms with van der Waals surface area (Å²) >= 11 is 1.28. The average molecular weight is 526 g/mol. The minimum atomic E-state index is -2.74. The van der Waals surface area contributed by atoms with Crippen molar-refractivity contribution in [3.63, 3.8) is 0 Å². The average Bonchev–Trinajstić information content (AvgIpc) is 3.35. The number of methoxy groups -OCH3 is 1. The number of ether oxygens (including phenoxy) is 2. The number of amidine groups is 1. The van der Waals surface area contributed by atoms with E-state index in [-0.39, 0.29) is 5.69 Å². The molecule has 2 aromatic carbocycles. The van der Waals surface area contributed by atoms with Crippen LogP contribution in [0.4, 0.5) is 16.4 Å². The number of fused-ring (bicyclic) bond motifs is 1. The fourth-order valence-corrected chi connectivity index (χ4v) is 9.35. The standard InChI is InChI=1S/C24H24N5O5PS/c1-27-22(17-6-4-3-5-7-17)25-23-20(16-21(36-23)24(30)33-2)35(27,28-12-14-34-15-13-28)26-18-8-10-19(11-9-18)29(31)32/h3-11,16H,12-15H2,1-2H3/t35-/m1/s1. The van der Waals surface area contributed by atoms with Gasteiger partial charge < -0.3 is 14.1 Å². The van der Waals surface area contributed by atoms with E-state index in [1.807, 2.05) is 43.4 Å². The number of nitro groups is 1. The lowest BCUT2D eigenvalue weighted by molar-refractivity contribution is -0.384. The van der Waals surface area contributed by atoms with E-state index in [2.05, 4.69) is 9.34 Å². The molecule has 1 atom stereocenters. The molecule has 3 heterocycles. The van der Waals surface area contributed by atoms with Gasteiger partial charge in [-0.05, 0) is 18.2 Å². The lowest BCUT2D eigenvalue weighted by Crippen LogP contribution is -2.45. The van der Waals surface area contributed by atoms with Gasteiger partial charge in [0.25, 0.3) is 5.69 Å². The normalized spacial score (nSPS) is 19.8. The summed E-state index contributed by atoms with van der Waals surface area (Å²) in [6.45, 7) is 2.37. The first-order chi connectivity index (χ1) is 17.4. The SMILES string of the molecule is COC(=O)c1cc2c(s1)N=C(c1ccccc1)N(C)[P@@]2(=Nc1ccc([N+](=O)[O-])cc1)N1CCOCC1. The van der Waals surface area contributed by atoms with Gasteiger partial charge in [-0.2, -0.15) is 0 Å². The molecule has 2 aliphatic heterocycles. The molecule has 12 heteroatoms. The summed E-state index contributed by atoms with van der Waals surface area (Å²) in [6, 6.07) is 17.9. The van der Waals surface area contributed by atoms with Crippen molar-refractivity contribution in [1.82, 2.24) is 9.34 Å². The molecular formula is C24H24N5O5PS. The number of morpholine rings is 1. The van der Waals surface area contributed by atoms with Crippen LogP contribution >= 0.6 is 18.7 Å². The number of non-ortho nitro benzene ring substituents is 1. The van der Waals surface area contributed by atoms with Crippen molar-refractivity contribution in [3.05, 3.63) is 81.2 Å². The molecule has 0 aliphatic carbocycles. The summed E-state index contributed by atoms with van der Waals surface area (Å²) in [5.41, 5.74) is 1.54. The van der Waals surface area contributed by atoms with Crippen LogP contribution in [0.25, 0.3) is 0 Å². The van der Waals surface area contributed by atoms with Crippen LogP contribution in [0.2, 0.25) is 0 Å². The van der Waals surface area contributed by atoms with E-state index in [0.29, 0.717) is 41.9 Å². The predicted octanol–water partition coefficient (Wildman–Crippen LogP) is 4.79. The second-order valence-electron chi connectivity index (χ2n) is 8.13. The van der Waals surface area contributed by atoms with Gasteiger partial charge >= 0.3 is 5.97 Å². The maximum atomic E-state index is 12.5. The Balaban J connectivity index is 1.79. The highest BCUT2D eigenvalue weighted by Crippen LogP contribution is 2.62. The Hall–Kier alpha value is -3.37. The van der Waals surface area contributed by atoms with Crippen LogP contribution in [-0.2, 0) is 9.47 Å². The smallest absolute Gasteiger partial charge is 0.348 e. The van der Waals surface area contributed by atoms with Crippen LogP contribution in [0.15, 0.2) is 70.4 Å². The van der Waals surface area contributed by atoms with Gasteiger partial charge in [0.1, 0.15) is 15.7 Å². The maximum Gasteiger partial charge on any atom is 0.348 e. The van der Waals surface area contributed by atoms with E-state index in [4.69, 9.17) is 19.2 Å². The first kappa shape index (κ1) is 24.3. The van der Waals surface area contributed by atoms with Crippen molar-refractivity contribution in [1.29, 1.82) is 0 Å². The summed E-state index contributed by atoms with van der Waals surface area (Å²) in [6.07, 6.45) is 0. The van der Waals surface area contributed by atoms with Crippen molar-refractivity contribution in [2.75, 3.05) is 40.5 Å². The summed E-state index contributed by atoms with van der Waals surface area (Å²) in [5.74, 6) is 0.316. The lowest BCUT2D eigenvalue weighted by Gasteiger charge is -2.46. The zero-order chi connectivity index (χ0) is 25.3. The van der Waals surface area contributed by atoms with E-state index < -0.39 is 18.2 Å². The number of carbonyl (C=O) groups is 1. The van der Waals surface area contributed by atoms with E-state index in [9.17, 15) is 14.9 Å². The summed E-state index contributed by atoms with van der Waals surface area (Å²) in [7, 11) is 0.588. The molecule has 1 fully saturated rings. The second kappa shape index (κ2) is 9.94. The van der Waals surface area contributed by atoms with Gasteiger partial charge in [-0.15, -0.1) is 11.3 Å². The van der Waals surface area contributed by atoms with Gasteiger partial charge in [-0.1, -0.05) is 30.3 Å². The molecule has 186 valence electrons. The number of rotatable bonds is 5. The molecule has 5 rings (SSSR count). The van der Waals surface area contributed by atoms with E-state index >= 15 is 0 Å². The Morgan fingerprint density at radius 3 is 2.50 bits per heavy atom. The number of hydrogen-bond acceptors (Lipinski definition) is 8. The largest absolute Gasteiger partial charge is 0.465 e. The number of carbonyl (C=O) groups excluding carboxylic acids is 1. The molecule has 1 saturated heterocycles. The highest BCUT2D eigenvalue weighted by molar-refractivity contribution is 7.71. The Labute approximate surface area is 212 Å². The molecule has 2 aliphatic rings. The van der Waals surface area contributed by atoms with Crippen molar-refractivity contribution in [2.45, 2.75) is 0 Å². The zero-order valence-electron chi connectivity index (χ0n) is 19.7. The number of hydrogen-bond donors (Lipinski definition) is 0. The molecule has 1 aromatic heterocycles. The topological polar surface area (TPSA) is 110 Å².